The molecule has 10 heteroatoms. The fourth-order valence-electron chi connectivity index (χ4n) is 2.62. The van der Waals surface area contributed by atoms with E-state index in [-0.39, 0.29) is 0 Å². The highest BCUT2D eigenvalue weighted by atomic mass is 32.2. The summed E-state index contributed by atoms with van der Waals surface area (Å²) in [6.45, 7) is 7.03. The van der Waals surface area contributed by atoms with Gasteiger partial charge in [-0.3, -0.25) is 14.4 Å². The molecule has 0 aliphatic carbocycles. The first-order valence-corrected chi connectivity index (χ1v) is 9.74. The average Bonchev–Trinajstić information content (AvgIpc) is 2.46. The van der Waals surface area contributed by atoms with Gasteiger partial charge in [0.05, 0.1) is 12.5 Å². The number of amides is 2. The van der Waals surface area contributed by atoms with Crippen molar-refractivity contribution in [1.82, 2.24) is 10.6 Å². The largest absolute Gasteiger partial charge is 0.480 e. The summed E-state index contributed by atoms with van der Waals surface area (Å²) in [5.41, 5.74) is 16.1. The minimum atomic E-state index is -1.32. The van der Waals surface area contributed by atoms with Crippen LogP contribution in [0.5, 0.6) is 0 Å². The van der Waals surface area contributed by atoms with Crippen LogP contribution in [0.1, 0.15) is 40.5 Å². The van der Waals surface area contributed by atoms with Crippen LogP contribution in [0.3, 0.4) is 0 Å². The van der Waals surface area contributed by atoms with Crippen LogP contribution in [0.25, 0.3) is 0 Å². The van der Waals surface area contributed by atoms with Crippen LogP contribution in [0.2, 0.25) is 0 Å². The highest BCUT2D eigenvalue weighted by Gasteiger charge is 2.38. The average molecular weight is 392 g/mol. The van der Waals surface area contributed by atoms with E-state index < -0.39 is 53.4 Å². The summed E-state index contributed by atoms with van der Waals surface area (Å²) in [4.78, 5) is 35.5. The van der Waals surface area contributed by atoms with Crippen LogP contribution < -0.4 is 27.8 Å². The van der Waals surface area contributed by atoms with Crippen molar-refractivity contribution in [2.24, 2.45) is 17.2 Å². The van der Waals surface area contributed by atoms with Crippen LogP contribution in [0, 0.1) is 0 Å². The van der Waals surface area contributed by atoms with Gasteiger partial charge in [0.2, 0.25) is 11.8 Å². The molecule has 152 valence electrons. The highest BCUT2D eigenvalue weighted by molar-refractivity contribution is 7.98. The van der Waals surface area contributed by atoms with E-state index in [2.05, 4.69) is 10.6 Å². The molecule has 0 aromatic carbocycles. The van der Waals surface area contributed by atoms with Crippen LogP contribution in [0.15, 0.2) is 0 Å². The zero-order valence-electron chi connectivity index (χ0n) is 16.2. The predicted octanol–water partition coefficient (Wildman–Crippen LogP) is -1.01. The number of carbonyl (C=O) groups is 3. The topological polar surface area (TPSA) is 174 Å². The molecule has 0 rings (SSSR count). The molecule has 26 heavy (non-hydrogen) atoms. The van der Waals surface area contributed by atoms with Crippen LogP contribution >= 0.6 is 11.8 Å². The summed E-state index contributed by atoms with van der Waals surface area (Å²) in [6.07, 6.45) is 1.85. The van der Waals surface area contributed by atoms with Crippen molar-refractivity contribution in [3.05, 3.63) is 0 Å². The lowest BCUT2D eigenvalue weighted by Crippen LogP contribution is -2.68. The number of nitrogens with one attached hydrogen (secondary N) is 2. The van der Waals surface area contributed by atoms with Crippen molar-refractivity contribution in [2.75, 3.05) is 12.0 Å². The maximum Gasteiger partial charge on any atom is 0.321 e. The third-order valence-corrected chi connectivity index (χ3v) is 4.40. The third kappa shape index (κ3) is 8.84. The van der Waals surface area contributed by atoms with Crippen LogP contribution in [-0.4, -0.2) is 64.1 Å². The maximum atomic E-state index is 12.7. The molecule has 9 nitrogen and oxygen atoms in total. The van der Waals surface area contributed by atoms with Crippen molar-refractivity contribution in [1.29, 1.82) is 0 Å². The van der Waals surface area contributed by atoms with Crippen molar-refractivity contribution in [3.8, 4) is 0 Å². The summed E-state index contributed by atoms with van der Waals surface area (Å²) < 4.78 is 0. The number of nitrogens with two attached hydrogens (primary N) is 3. The molecule has 0 aliphatic heterocycles. The Kier molecular flexibility index (Phi) is 9.57. The number of carboxylic acid groups (broad SMARTS) is 1. The smallest absolute Gasteiger partial charge is 0.321 e. The van der Waals surface area contributed by atoms with Gasteiger partial charge in [0.15, 0.2) is 0 Å². The van der Waals surface area contributed by atoms with E-state index in [1.807, 2.05) is 6.26 Å². The Balaban J connectivity index is 5.18. The molecule has 2 amide bonds. The number of thioether (sulfide) groups is 1. The summed E-state index contributed by atoms with van der Waals surface area (Å²) in [7, 11) is 0. The number of hydrogen-bond donors (Lipinski definition) is 6. The van der Waals surface area contributed by atoms with E-state index in [0.717, 1.165) is 0 Å². The van der Waals surface area contributed by atoms with Gasteiger partial charge < -0.3 is 32.9 Å². The van der Waals surface area contributed by atoms with E-state index in [1.54, 1.807) is 27.7 Å². The van der Waals surface area contributed by atoms with Gasteiger partial charge in [-0.2, -0.15) is 11.8 Å². The van der Waals surface area contributed by atoms with Gasteiger partial charge in [-0.25, -0.2) is 0 Å². The summed E-state index contributed by atoms with van der Waals surface area (Å²) >= 11 is 1.52. The molecular weight excluding hydrogens is 358 g/mol. The van der Waals surface area contributed by atoms with E-state index >= 15 is 0 Å². The molecule has 0 aromatic heterocycles. The molecular formula is C16H33N5O4S. The van der Waals surface area contributed by atoms with E-state index in [4.69, 9.17) is 22.3 Å². The van der Waals surface area contributed by atoms with Crippen molar-refractivity contribution in [3.63, 3.8) is 0 Å². The van der Waals surface area contributed by atoms with E-state index in [9.17, 15) is 14.4 Å². The van der Waals surface area contributed by atoms with E-state index in [1.165, 1.54) is 11.8 Å². The quantitative estimate of drug-likeness (QED) is 0.260. The number of rotatable bonds is 11. The lowest BCUT2D eigenvalue weighted by Gasteiger charge is -2.41. The molecule has 0 spiro atoms. The first kappa shape index (κ1) is 24.6. The summed E-state index contributed by atoms with van der Waals surface area (Å²) in [6, 6.07) is -2.70. The minimum absolute atomic E-state index is 0.379. The fraction of sp³-hybridized carbons (Fsp3) is 0.812. The first-order valence-electron chi connectivity index (χ1n) is 8.35. The van der Waals surface area contributed by atoms with Crippen LogP contribution in [-0.2, 0) is 14.4 Å². The second-order valence-corrected chi connectivity index (χ2v) is 8.62. The molecule has 0 aliphatic rings. The highest BCUT2D eigenvalue weighted by Crippen LogP contribution is 2.17. The molecule has 0 bridgehead atoms. The Labute approximate surface area is 159 Å². The van der Waals surface area contributed by atoms with Crippen molar-refractivity contribution >= 4 is 29.5 Å². The van der Waals surface area contributed by atoms with Gasteiger partial charge in [0.1, 0.15) is 12.1 Å². The first-order chi connectivity index (χ1) is 11.7. The van der Waals surface area contributed by atoms with Gasteiger partial charge in [-0.15, -0.1) is 0 Å². The molecule has 0 saturated carbocycles. The molecule has 0 aromatic rings. The number of carbonyl (C=O) groups excluding carboxylic acids is 2. The monoisotopic (exact) mass is 391 g/mol. The Morgan fingerprint density at radius 2 is 1.58 bits per heavy atom. The fourth-order valence-corrected chi connectivity index (χ4v) is 3.09. The van der Waals surface area contributed by atoms with Crippen molar-refractivity contribution in [2.45, 2.75) is 69.7 Å². The molecule has 0 unspecified atom stereocenters. The van der Waals surface area contributed by atoms with Crippen molar-refractivity contribution < 1.29 is 19.5 Å². The maximum absolute atomic E-state index is 12.7. The Morgan fingerprint density at radius 3 is 1.96 bits per heavy atom. The van der Waals surface area contributed by atoms with Gasteiger partial charge in [-0.1, -0.05) is 0 Å². The zero-order chi connectivity index (χ0) is 20.7. The number of aliphatic carboxylic acids is 1. The van der Waals surface area contributed by atoms with Gasteiger partial charge in [-0.05, 0) is 46.1 Å². The molecule has 0 radical (unpaired) electrons. The second kappa shape index (κ2) is 10.1. The standard InChI is InChI=1S/C16H33N5O4S/c1-15(2,18)14(16(3,4)19)21-12(23)10(6-7-26-5)20-11(22)8-9(17)13(24)25/h9-10,14H,6-8,17-19H2,1-5H3,(H,20,22)(H,21,23)(H,24,25)/t9-,10-/m0/s1. The number of carboxylic acids is 1. The molecule has 0 heterocycles. The Bertz CT molecular complexity index is 488. The minimum Gasteiger partial charge on any atom is -0.480 e. The zero-order valence-corrected chi connectivity index (χ0v) is 17.0. The predicted molar refractivity (Wildman–Crippen MR) is 104 cm³/mol. The van der Waals surface area contributed by atoms with Gasteiger partial charge >= 0.3 is 5.97 Å². The Morgan fingerprint density at radius 1 is 1.08 bits per heavy atom. The lowest BCUT2D eigenvalue weighted by atomic mass is 9.82. The second-order valence-electron chi connectivity index (χ2n) is 7.63. The molecule has 0 fully saturated rings. The summed E-state index contributed by atoms with van der Waals surface area (Å²) in [5.74, 6) is -1.67. The third-order valence-electron chi connectivity index (χ3n) is 3.76. The molecule has 9 N–H and O–H groups in total. The van der Waals surface area contributed by atoms with Crippen LogP contribution in [0.4, 0.5) is 0 Å². The normalized spacial score (nSPS) is 14.7. The lowest BCUT2D eigenvalue weighted by molar-refractivity contribution is -0.140. The van der Waals surface area contributed by atoms with Gasteiger partial charge in [0, 0.05) is 11.1 Å². The van der Waals surface area contributed by atoms with Gasteiger partial charge in [0.25, 0.3) is 0 Å². The molecule has 0 saturated heterocycles. The SMILES string of the molecule is CSCC[C@H](NC(=O)C[C@H](N)C(=O)O)C(=O)NC(C(C)(C)N)C(C)(C)N. The number of hydrogen-bond acceptors (Lipinski definition) is 7. The summed E-state index contributed by atoms with van der Waals surface area (Å²) in [5, 5.41) is 14.2. The Hall–Kier alpha value is -1.36. The van der Waals surface area contributed by atoms with E-state index in [0.29, 0.717) is 12.2 Å². The molecule has 2 atom stereocenters.